The van der Waals surface area contributed by atoms with Crippen LogP contribution in [0.5, 0.6) is 0 Å². The van der Waals surface area contributed by atoms with Crippen molar-refractivity contribution >= 4 is 34.8 Å². The highest BCUT2D eigenvalue weighted by Gasteiger charge is 2.14. The zero-order chi connectivity index (χ0) is 13.0. The van der Waals surface area contributed by atoms with Gasteiger partial charge in [0.05, 0.1) is 16.8 Å². The van der Waals surface area contributed by atoms with Crippen LogP contribution in [-0.4, -0.2) is 11.9 Å². The summed E-state index contributed by atoms with van der Waals surface area (Å²) >= 11 is 12.0. The van der Waals surface area contributed by atoms with Crippen LogP contribution in [0, 0.1) is 6.92 Å². The molecule has 94 valence electrons. The Bertz CT molecular complexity index is 421. The van der Waals surface area contributed by atoms with Crippen LogP contribution in [0.1, 0.15) is 25.3 Å². The van der Waals surface area contributed by atoms with E-state index >= 15 is 0 Å². The molecule has 0 radical (unpaired) electrons. The molecule has 0 saturated heterocycles. The molecule has 1 aromatic rings. The molecule has 0 bridgehead atoms. The molecule has 5 heteroatoms. The lowest BCUT2D eigenvalue weighted by Gasteiger charge is -2.13. The average Bonchev–Trinajstić information content (AvgIpc) is 2.26. The summed E-state index contributed by atoms with van der Waals surface area (Å²) in [6, 6.07) is 2.83. The molecule has 3 nitrogen and oxygen atoms in total. The number of carbonyl (C=O) groups is 1. The number of hydrogen-bond donors (Lipinski definition) is 2. The highest BCUT2D eigenvalue weighted by Crippen LogP contribution is 2.28. The molecule has 0 heterocycles. The second kappa shape index (κ2) is 6.24. The fourth-order valence-corrected chi connectivity index (χ4v) is 1.84. The van der Waals surface area contributed by atoms with Crippen molar-refractivity contribution in [2.45, 2.75) is 32.7 Å². The quantitative estimate of drug-likeness (QED) is 0.885. The van der Waals surface area contributed by atoms with Gasteiger partial charge in [0.15, 0.2) is 0 Å². The van der Waals surface area contributed by atoms with E-state index in [-0.39, 0.29) is 5.91 Å². The van der Waals surface area contributed by atoms with Crippen LogP contribution < -0.4 is 11.1 Å². The molecule has 1 aromatic carbocycles. The van der Waals surface area contributed by atoms with Gasteiger partial charge in [0.1, 0.15) is 0 Å². The summed E-state index contributed by atoms with van der Waals surface area (Å²) in [5.41, 5.74) is 7.07. The van der Waals surface area contributed by atoms with Crippen LogP contribution in [0.15, 0.2) is 12.1 Å². The molecule has 1 rings (SSSR count). The van der Waals surface area contributed by atoms with E-state index in [0.29, 0.717) is 22.2 Å². The number of anilines is 1. The van der Waals surface area contributed by atoms with Crippen LogP contribution in [0.3, 0.4) is 0 Å². The first-order valence-electron chi connectivity index (χ1n) is 5.47. The number of halogens is 2. The summed E-state index contributed by atoms with van der Waals surface area (Å²) < 4.78 is 0. The molecule has 3 N–H and O–H groups in total. The Hall–Kier alpha value is -0.770. The first-order chi connectivity index (χ1) is 7.95. The lowest BCUT2D eigenvalue weighted by atomic mass is 10.1. The first kappa shape index (κ1) is 14.3. The number of aryl methyl sites for hydroxylation is 1. The Labute approximate surface area is 111 Å². The predicted octanol–water partition coefficient (Wildman–Crippen LogP) is 3.37. The largest absolute Gasteiger partial charge is 0.323 e. The topological polar surface area (TPSA) is 55.1 Å². The molecule has 0 spiro atoms. The summed E-state index contributed by atoms with van der Waals surface area (Å²) in [5.74, 6) is -0.242. The van der Waals surface area contributed by atoms with Crippen molar-refractivity contribution in [3.05, 3.63) is 27.7 Å². The Balaban J connectivity index is 2.81. The van der Waals surface area contributed by atoms with Gasteiger partial charge in [-0.15, -0.1) is 0 Å². The van der Waals surface area contributed by atoms with Crippen molar-refractivity contribution < 1.29 is 4.79 Å². The van der Waals surface area contributed by atoms with Gasteiger partial charge >= 0.3 is 0 Å². The zero-order valence-electron chi connectivity index (χ0n) is 9.89. The minimum Gasteiger partial charge on any atom is -0.323 e. The lowest BCUT2D eigenvalue weighted by molar-refractivity contribution is -0.117. The number of carbonyl (C=O) groups excluding carboxylic acids is 1. The SMILES string of the molecule is CCCC(N)C(=O)Nc1cc(Cl)c(C)cc1Cl. The summed E-state index contributed by atoms with van der Waals surface area (Å²) in [4.78, 5) is 11.7. The lowest BCUT2D eigenvalue weighted by Crippen LogP contribution is -2.35. The Morgan fingerprint density at radius 3 is 2.65 bits per heavy atom. The predicted molar refractivity (Wildman–Crippen MR) is 72.7 cm³/mol. The van der Waals surface area contributed by atoms with Gasteiger partial charge in [-0.3, -0.25) is 4.79 Å². The van der Waals surface area contributed by atoms with Crippen molar-refractivity contribution in [3.63, 3.8) is 0 Å². The smallest absolute Gasteiger partial charge is 0.241 e. The second-order valence-corrected chi connectivity index (χ2v) is 4.78. The number of amides is 1. The van der Waals surface area contributed by atoms with Crippen LogP contribution in [0.25, 0.3) is 0 Å². The van der Waals surface area contributed by atoms with Crippen molar-refractivity contribution in [1.82, 2.24) is 0 Å². The highest BCUT2D eigenvalue weighted by molar-refractivity contribution is 6.36. The van der Waals surface area contributed by atoms with Gasteiger partial charge < -0.3 is 11.1 Å². The third-order valence-electron chi connectivity index (χ3n) is 2.44. The molecule has 0 aliphatic rings. The van der Waals surface area contributed by atoms with E-state index in [1.165, 1.54) is 0 Å². The summed E-state index contributed by atoms with van der Waals surface area (Å²) in [7, 11) is 0. The monoisotopic (exact) mass is 274 g/mol. The van der Waals surface area contributed by atoms with Crippen molar-refractivity contribution in [3.8, 4) is 0 Å². The van der Waals surface area contributed by atoms with E-state index < -0.39 is 6.04 Å². The van der Waals surface area contributed by atoms with Gasteiger partial charge in [-0.25, -0.2) is 0 Å². The first-order valence-corrected chi connectivity index (χ1v) is 6.23. The minimum atomic E-state index is -0.517. The Morgan fingerprint density at radius 2 is 2.06 bits per heavy atom. The fraction of sp³-hybridized carbons (Fsp3) is 0.417. The molecule has 0 aliphatic carbocycles. The third kappa shape index (κ3) is 3.87. The number of rotatable bonds is 4. The number of benzene rings is 1. The van der Waals surface area contributed by atoms with Crippen LogP contribution in [0.4, 0.5) is 5.69 Å². The van der Waals surface area contributed by atoms with Gasteiger partial charge in [-0.05, 0) is 31.0 Å². The minimum absolute atomic E-state index is 0.242. The van der Waals surface area contributed by atoms with E-state index in [0.717, 1.165) is 12.0 Å². The van der Waals surface area contributed by atoms with E-state index in [4.69, 9.17) is 28.9 Å². The molecule has 0 aromatic heterocycles. The molecular weight excluding hydrogens is 259 g/mol. The molecule has 0 aliphatic heterocycles. The molecule has 1 amide bonds. The van der Waals surface area contributed by atoms with Crippen LogP contribution >= 0.6 is 23.2 Å². The zero-order valence-corrected chi connectivity index (χ0v) is 11.4. The van der Waals surface area contributed by atoms with Gasteiger partial charge in [-0.2, -0.15) is 0 Å². The normalized spacial score (nSPS) is 12.3. The van der Waals surface area contributed by atoms with Gasteiger partial charge in [0, 0.05) is 5.02 Å². The molecule has 0 fully saturated rings. The van der Waals surface area contributed by atoms with Crippen LogP contribution in [-0.2, 0) is 4.79 Å². The maximum absolute atomic E-state index is 11.7. The van der Waals surface area contributed by atoms with Gasteiger partial charge in [0.2, 0.25) is 5.91 Å². The average molecular weight is 275 g/mol. The third-order valence-corrected chi connectivity index (χ3v) is 3.16. The molecule has 1 atom stereocenters. The fourth-order valence-electron chi connectivity index (χ4n) is 1.41. The summed E-state index contributed by atoms with van der Waals surface area (Å²) in [6.45, 7) is 3.82. The standard InChI is InChI=1S/C12H16Cl2N2O/c1-3-4-10(15)12(17)16-11-6-8(13)7(2)5-9(11)14/h5-6,10H,3-4,15H2,1-2H3,(H,16,17). The molecule has 17 heavy (non-hydrogen) atoms. The van der Waals surface area contributed by atoms with Crippen molar-refractivity contribution in [2.24, 2.45) is 5.73 Å². The maximum Gasteiger partial charge on any atom is 0.241 e. The van der Waals surface area contributed by atoms with E-state index in [1.54, 1.807) is 12.1 Å². The highest BCUT2D eigenvalue weighted by atomic mass is 35.5. The molecule has 1 unspecified atom stereocenters. The maximum atomic E-state index is 11.7. The number of nitrogens with two attached hydrogens (primary N) is 1. The van der Waals surface area contributed by atoms with Crippen molar-refractivity contribution in [2.75, 3.05) is 5.32 Å². The van der Waals surface area contributed by atoms with E-state index in [1.807, 2.05) is 13.8 Å². The van der Waals surface area contributed by atoms with Gasteiger partial charge in [0.25, 0.3) is 0 Å². The second-order valence-electron chi connectivity index (χ2n) is 3.97. The van der Waals surface area contributed by atoms with Crippen LogP contribution in [0.2, 0.25) is 10.0 Å². The molecule has 0 saturated carbocycles. The number of nitrogens with one attached hydrogen (secondary N) is 1. The van der Waals surface area contributed by atoms with Crippen molar-refractivity contribution in [1.29, 1.82) is 0 Å². The summed E-state index contributed by atoms with van der Waals surface area (Å²) in [6.07, 6.45) is 1.50. The van der Waals surface area contributed by atoms with E-state index in [9.17, 15) is 4.79 Å². The molecular formula is C12H16Cl2N2O. The van der Waals surface area contributed by atoms with Gasteiger partial charge in [-0.1, -0.05) is 36.5 Å². The summed E-state index contributed by atoms with van der Waals surface area (Å²) in [5, 5.41) is 3.71. The number of hydrogen-bond acceptors (Lipinski definition) is 2. The van der Waals surface area contributed by atoms with E-state index in [2.05, 4.69) is 5.32 Å². The Kier molecular flexibility index (Phi) is 5.25. The Morgan fingerprint density at radius 1 is 1.41 bits per heavy atom.